The SMILES string of the molecule is COc1cccc(C(=O)Nc2cc(C(C)(C)C)no2)c1. The van der Waals surface area contributed by atoms with Gasteiger partial charge in [0.05, 0.1) is 12.8 Å². The van der Waals surface area contributed by atoms with Gasteiger partial charge in [0, 0.05) is 17.0 Å². The van der Waals surface area contributed by atoms with Gasteiger partial charge in [0.15, 0.2) is 0 Å². The van der Waals surface area contributed by atoms with Gasteiger partial charge in [0.2, 0.25) is 5.88 Å². The van der Waals surface area contributed by atoms with Crippen molar-refractivity contribution in [3.05, 3.63) is 41.6 Å². The van der Waals surface area contributed by atoms with Crippen molar-refractivity contribution in [2.24, 2.45) is 0 Å². The Kier molecular flexibility index (Phi) is 3.79. The summed E-state index contributed by atoms with van der Waals surface area (Å²) in [5.41, 5.74) is 1.17. The molecule has 0 fully saturated rings. The summed E-state index contributed by atoms with van der Waals surface area (Å²) in [6.45, 7) is 6.08. The predicted octanol–water partition coefficient (Wildman–Crippen LogP) is 3.23. The number of ether oxygens (including phenoxy) is 1. The number of carbonyl (C=O) groups is 1. The predicted molar refractivity (Wildman–Crippen MR) is 76.2 cm³/mol. The van der Waals surface area contributed by atoms with Crippen LogP contribution in [0.3, 0.4) is 0 Å². The van der Waals surface area contributed by atoms with Crippen molar-refractivity contribution in [2.75, 3.05) is 12.4 Å². The van der Waals surface area contributed by atoms with Crippen molar-refractivity contribution in [1.29, 1.82) is 0 Å². The summed E-state index contributed by atoms with van der Waals surface area (Å²) < 4.78 is 10.2. The van der Waals surface area contributed by atoms with Gasteiger partial charge in [-0.3, -0.25) is 10.1 Å². The van der Waals surface area contributed by atoms with Crippen LogP contribution >= 0.6 is 0 Å². The Morgan fingerprint density at radius 3 is 2.65 bits per heavy atom. The first kappa shape index (κ1) is 14.1. The first-order chi connectivity index (χ1) is 9.40. The minimum absolute atomic E-state index is 0.123. The van der Waals surface area contributed by atoms with Gasteiger partial charge in [0.25, 0.3) is 5.91 Å². The zero-order valence-electron chi connectivity index (χ0n) is 12.1. The summed E-state index contributed by atoms with van der Waals surface area (Å²) in [6, 6.07) is 8.64. The molecule has 1 amide bonds. The standard InChI is InChI=1S/C15H18N2O3/c1-15(2,3)12-9-13(20-17-12)16-14(18)10-6-5-7-11(8-10)19-4/h5-9H,1-4H3,(H,16,18). The van der Waals surface area contributed by atoms with E-state index >= 15 is 0 Å². The second kappa shape index (κ2) is 5.36. The summed E-state index contributed by atoms with van der Waals surface area (Å²) >= 11 is 0. The van der Waals surface area contributed by atoms with Crippen LogP contribution in [-0.2, 0) is 5.41 Å². The van der Waals surface area contributed by atoms with Crippen molar-refractivity contribution in [3.8, 4) is 5.75 Å². The molecule has 1 aromatic carbocycles. The quantitative estimate of drug-likeness (QED) is 0.933. The van der Waals surface area contributed by atoms with Crippen LogP contribution in [0.2, 0.25) is 0 Å². The molecular weight excluding hydrogens is 256 g/mol. The highest BCUT2D eigenvalue weighted by atomic mass is 16.5. The van der Waals surface area contributed by atoms with Crippen LogP contribution in [0.15, 0.2) is 34.9 Å². The number of benzene rings is 1. The smallest absolute Gasteiger partial charge is 0.258 e. The molecule has 0 aliphatic rings. The van der Waals surface area contributed by atoms with E-state index < -0.39 is 0 Å². The molecule has 0 aliphatic heterocycles. The van der Waals surface area contributed by atoms with Crippen LogP contribution < -0.4 is 10.1 Å². The first-order valence-corrected chi connectivity index (χ1v) is 6.33. The van der Waals surface area contributed by atoms with Crippen molar-refractivity contribution in [3.63, 3.8) is 0 Å². The van der Waals surface area contributed by atoms with Gasteiger partial charge in [-0.25, -0.2) is 0 Å². The highest BCUT2D eigenvalue weighted by Crippen LogP contribution is 2.24. The molecule has 20 heavy (non-hydrogen) atoms. The molecule has 0 spiro atoms. The number of nitrogens with zero attached hydrogens (tertiary/aromatic N) is 1. The molecule has 1 N–H and O–H groups in total. The van der Waals surface area contributed by atoms with Gasteiger partial charge in [-0.15, -0.1) is 0 Å². The third-order valence-electron chi connectivity index (χ3n) is 2.85. The third-order valence-corrected chi connectivity index (χ3v) is 2.85. The maximum atomic E-state index is 12.1. The Morgan fingerprint density at radius 2 is 2.05 bits per heavy atom. The van der Waals surface area contributed by atoms with Crippen LogP contribution in [0.1, 0.15) is 36.8 Å². The molecule has 0 unspecified atom stereocenters. The van der Waals surface area contributed by atoms with Gasteiger partial charge in [-0.05, 0) is 18.2 Å². The van der Waals surface area contributed by atoms with E-state index in [9.17, 15) is 4.79 Å². The average molecular weight is 274 g/mol. The van der Waals surface area contributed by atoms with Crippen LogP contribution in [-0.4, -0.2) is 18.2 Å². The number of hydrogen-bond acceptors (Lipinski definition) is 4. The maximum absolute atomic E-state index is 12.1. The third kappa shape index (κ3) is 3.17. The topological polar surface area (TPSA) is 64.4 Å². The van der Waals surface area contributed by atoms with Gasteiger partial charge >= 0.3 is 0 Å². The number of amides is 1. The van der Waals surface area contributed by atoms with Gasteiger partial charge in [-0.1, -0.05) is 32.0 Å². The van der Waals surface area contributed by atoms with Crippen LogP contribution in [0.4, 0.5) is 5.88 Å². The van der Waals surface area contributed by atoms with E-state index in [1.54, 1.807) is 37.4 Å². The fourth-order valence-electron chi connectivity index (χ4n) is 1.64. The molecule has 106 valence electrons. The van der Waals surface area contributed by atoms with Gasteiger partial charge in [0.1, 0.15) is 5.75 Å². The molecule has 0 atom stereocenters. The number of methoxy groups -OCH3 is 1. The number of aromatic nitrogens is 1. The number of carbonyl (C=O) groups excluding carboxylic acids is 1. The molecule has 1 aromatic heterocycles. The van der Waals surface area contributed by atoms with Crippen LogP contribution in [0, 0.1) is 0 Å². The molecule has 2 rings (SSSR count). The number of nitrogens with one attached hydrogen (secondary N) is 1. The minimum atomic E-state index is -0.263. The number of rotatable bonds is 3. The number of anilines is 1. The average Bonchev–Trinajstić information content (AvgIpc) is 2.87. The van der Waals surface area contributed by atoms with E-state index in [2.05, 4.69) is 10.5 Å². The first-order valence-electron chi connectivity index (χ1n) is 6.33. The normalized spacial score (nSPS) is 11.2. The molecule has 0 saturated carbocycles. The van der Waals surface area contributed by atoms with E-state index in [1.165, 1.54) is 0 Å². The Morgan fingerprint density at radius 1 is 1.30 bits per heavy atom. The van der Waals surface area contributed by atoms with E-state index in [0.717, 1.165) is 5.69 Å². The Labute approximate surface area is 117 Å². The van der Waals surface area contributed by atoms with Crippen molar-refractivity contribution < 1.29 is 14.1 Å². The summed E-state index contributed by atoms with van der Waals surface area (Å²) in [7, 11) is 1.56. The number of hydrogen-bond donors (Lipinski definition) is 1. The van der Waals surface area contributed by atoms with Crippen molar-refractivity contribution in [1.82, 2.24) is 5.16 Å². The van der Waals surface area contributed by atoms with Crippen LogP contribution in [0.25, 0.3) is 0 Å². The summed E-state index contributed by atoms with van der Waals surface area (Å²) in [5, 5.41) is 6.63. The fraction of sp³-hybridized carbons (Fsp3) is 0.333. The lowest BCUT2D eigenvalue weighted by Gasteiger charge is -2.12. The highest BCUT2D eigenvalue weighted by molar-refractivity contribution is 6.03. The van der Waals surface area contributed by atoms with E-state index in [-0.39, 0.29) is 11.3 Å². The zero-order valence-corrected chi connectivity index (χ0v) is 12.1. The van der Waals surface area contributed by atoms with Gasteiger partial charge < -0.3 is 9.26 Å². The molecule has 5 nitrogen and oxygen atoms in total. The monoisotopic (exact) mass is 274 g/mol. The minimum Gasteiger partial charge on any atom is -0.497 e. The zero-order chi connectivity index (χ0) is 14.8. The van der Waals surface area contributed by atoms with Crippen molar-refractivity contribution >= 4 is 11.8 Å². The molecule has 0 radical (unpaired) electrons. The molecule has 1 heterocycles. The molecular formula is C15H18N2O3. The Balaban J connectivity index is 2.13. The molecule has 2 aromatic rings. The molecule has 0 aliphatic carbocycles. The van der Waals surface area contributed by atoms with E-state index in [4.69, 9.17) is 9.26 Å². The molecule has 0 bridgehead atoms. The van der Waals surface area contributed by atoms with Gasteiger partial charge in [-0.2, -0.15) is 0 Å². The summed E-state index contributed by atoms with van der Waals surface area (Å²) in [5.74, 6) is 0.703. The highest BCUT2D eigenvalue weighted by Gasteiger charge is 2.20. The Bertz CT molecular complexity index is 612. The summed E-state index contributed by atoms with van der Waals surface area (Å²) in [6.07, 6.45) is 0. The maximum Gasteiger partial charge on any atom is 0.258 e. The Hall–Kier alpha value is -2.30. The lowest BCUT2D eigenvalue weighted by atomic mass is 9.92. The lowest BCUT2D eigenvalue weighted by Crippen LogP contribution is -2.12. The van der Waals surface area contributed by atoms with E-state index in [0.29, 0.717) is 17.2 Å². The van der Waals surface area contributed by atoms with Crippen molar-refractivity contribution in [2.45, 2.75) is 26.2 Å². The van der Waals surface area contributed by atoms with E-state index in [1.807, 2.05) is 20.8 Å². The second-order valence-corrected chi connectivity index (χ2v) is 5.51. The molecule has 5 heteroatoms. The largest absolute Gasteiger partial charge is 0.497 e. The lowest BCUT2D eigenvalue weighted by molar-refractivity contribution is 0.102. The fourth-order valence-corrected chi connectivity index (χ4v) is 1.64. The molecule has 0 saturated heterocycles. The second-order valence-electron chi connectivity index (χ2n) is 5.51. The summed E-state index contributed by atoms with van der Waals surface area (Å²) in [4.78, 5) is 12.1. The van der Waals surface area contributed by atoms with Crippen LogP contribution in [0.5, 0.6) is 5.75 Å².